The molecule has 1 aromatic heterocycles. The summed E-state index contributed by atoms with van der Waals surface area (Å²) in [5, 5.41) is 17.5. The van der Waals surface area contributed by atoms with E-state index in [-0.39, 0.29) is 30.7 Å². The Kier molecular flexibility index (Phi) is 7.33. The van der Waals surface area contributed by atoms with Crippen LogP contribution in [0.15, 0.2) is 48.6 Å². The average molecular weight is 325 g/mol. The minimum absolute atomic E-state index is 0. The van der Waals surface area contributed by atoms with Crippen LogP contribution in [-0.4, -0.2) is 27.1 Å². The summed E-state index contributed by atoms with van der Waals surface area (Å²) < 4.78 is 0. The van der Waals surface area contributed by atoms with Crippen LogP contribution in [0.1, 0.15) is 17.4 Å². The number of carboxylic acids is 2. The fraction of sp³-hybridized carbons (Fsp3) is 0.0714. The van der Waals surface area contributed by atoms with Gasteiger partial charge >= 0.3 is 11.9 Å². The molecule has 0 radical (unpaired) electrons. The van der Waals surface area contributed by atoms with Crippen molar-refractivity contribution >= 4 is 22.8 Å². The smallest absolute Gasteiger partial charge is 0.354 e. The Balaban J connectivity index is 0.000000448. The van der Waals surface area contributed by atoms with E-state index < -0.39 is 11.9 Å². The number of carbonyl (C=O) groups is 2. The standard InChI is InChI=1S/C10H7NO2.C4H6O2.Zn/c12-10(13)9-6-5-7-3-1-2-4-8(7)11-9;1-3(2)4(5)6;/h1-6H,(H,12,13);1H2,2H3,(H,5,6);. The molecule has 0 aliphatic heterocycles. The zero-order chi connectivity index (χ0) is 14.4. The number of aliphatic carboxylic acids is 1. The second-order valence-electron chi connectivity index (χ2n) is 3.78. The van der Waals surface area contributed by atoms with Gasteiger partial charge in [-0.1, -0.05) is 30.8 Å². The summed E-state index contributed by atoms with van der Waals surface area (Å²) in [4.78, 5) is 24.2. The van der Waals surface area contributed by atoms with Gasteiger partial charge in [0.1, 0.15) is 5.69 Å². The number of hydrogen-bond acceptors (Lipinski definition) is 3. The predicted molar refractivity (Wildman–Crippen MR) is 71.2 cm³/mol. The van der Waals surface area contributed by atoms with Gasteiger partial charge in [0.2, 0.25) is 0 Å². The SMILES string of the molecule is C=C(C)C(=O)O.O=C(O)c1ccc2ccccc2n1.[Zn]. The van der Waals surface area contributed by atoms with Crippen LogP contribution in [0.3, 0.4) is 0 Å². The minimum atomic E-state index is -0.995. The summed E-state index contributed by atoms with van der Waals surface area (Å²) in [7, 11) is 0. The first-order valence-electron chi connectivity index (χ1n) is 5.39. The number of nitrogens with zero attached hydrogens (tertiary/aromatic N) is 1. The molecule has 2 aromatic rings. The van der Waals surface area contributed by atoms with Crippen LogP contribution in [0, 0.1) is 0 Å². The van der Waals surface area contributed by atoms with Crippen LogP contribution < -0.4 is 0 Å². The Morgan fingerprint density at radius 3 is 2.15 bits per heavy atom. The summed E-state index contributed by atoms with van der Waals surface area (Å²) in [5.41, 5.74) is 0.969. The number of fused-ring (bicyclic) bond motifs is 1. The van der Waals surface area contributed by atoms with Crippen molar-refractivity contribution in [3.63, 3.8) is 0 Å². The van der Waals surface area contributed by atoms with E-state index in [0.717, 1.165) is 5.39 Å². The zero-order valence-corrected chi connectivity index (χ0v) is 14.0. The van der Waals surface area contributed by atoms with Gasteiger partial charge in [-0.15, -0.1) is 0 Å². The van der Waals surface area contributed by atoms with E-state index in [4.69, 9.17) is 10.2 Å². The summed E-state index contributed by atoms with van der Waals surface area (Å²) in [6.07, 6.45) is 0. The van der Waals surface area contributed by atoms with Gasteiger partial charge in [-0.25, -0.2) is 14.6 Å². The fourth-order valence-corrected chi connectivity index (χ4v) is 1.19. The summed E-state index contributed by atoms with van der Waals surface area (Å²) >= 11 is 0. The molecule has 0 bridgehead atoms. The monoisotopic (exact) mass is 323 g/mol. The van der Waals surface area contributed by atoms with Crippen molar-refractivity contribution in [1.29, 1.82) is 0 Å². The first-order valence-corrected chi connectivity index (χ1v) is 5.39. The summed E-state index contributed by atoms with van der Waals surface area (Å²) in [5.74, 6) is -1.93. The molecule has 2 rings (SSSR count). The van der Waals surface area contributed by atoms with E-state index in [9.17, 15) is 9.59 Å². The molecule has 0 saturated carbocycles. The van der Waals surface area contributed by atoms with Crippen LogP contribution in [0.25, 0.3) is 10.9 Å². The number of pyridine rings is 1. The second-order valence-corrected chi connectivity index (χ2v) is 3.78. The fourth-order valence-electron chi connectivity index (χ4n) is 1.19. The number of rotatable bonds is 2. The van der Waals surface area contributed by atoms with Gasteiger partial charge < -0.3 is 10.2 Å². The molecule has 0 aliphatic rings. The molecule has 100 valence electrons. The first kappa shape index (κ1) is 17.9. The number of aromatic nitrogens is 1. The third kappa shape index (κ3) is 5.28. The van der Waals surface area contributed by atoms with Gasteiger partial charge in [-0.05, 0) is 19.1 Å². The van der Waals surface area contributed by atoms with Gasteiger partial charge in [0, 0.05) is 30.4 Å². The largest absolute Gasteiger partial charge is 0.478 e. The molecule has 0 atom stereocenters. The van der Waals surface area contributed by atoms with Crippen molar-refractivity contribution in [2.45, 2.75) is 6.92 Å². The maximum absolute atomic E-state index is 10.6. The van der Waals surface area contributed by atoms with E-state index in [0.29, 0.717) is 5.52 Å². The van der Waals surface area contributed by atoms with Crippen LogP contribution in [-0.2, 0) is 24.3 Å². The normalized spacial score (nSPS) is 8.85. The quantitative estimate of drug-likeness (QED) is 0.655. The molecule has 5 nitrogen and oxygen atoms in total. The molecular formula is C14H13NO4Zn. The van der Waals surface area contributed by atoms with E-state index >= 15 is 0 Å². The van der Waals surface area contributed by atoms with Crippen LogP contribution >= 0.6 is 0 Å². The Morgan fingerprint density at radius 1 is 1.10 bits per heavy atom. The zero-order valence-electron chi connectivity index (χ0n) is 11.0. The van der Waals surface area contributed by atoms with Crippen LogP contribution in [0.4, 0.5) is 0 Å². The third-order valence-electron chi connectivity index (χ3n) is 2.18. The molecule has 6 heteroatoms. The summed E-state index contributed by atoms with van der Waals surface area (Å²) in [6.45, 7) is 4.60. The maximum atomic E-state index is 10.6. The van der Waals surface area contributed by atoms with Crippen LogP contribution in [0.5, 0.6) is 0 Å². The topological polar surface area (TPSA) is 87.5 Å². The van der Waals surface area contributed by atoms with E-state index in [2.05, 4.69) is 11.6 Å². The van der Waals surface area contributed by atoms with Gasteiger partial charge in [0.15, 0.2) is 0 Å². The molecule has 1 heterocycles. The minimum Gasteiger partial charge on any atom is -0.478 e. The Bertz CT molecular complexity index is 628. The third-order valence-corrected chi connectivity index (χ3v) is 2.18. The number of para-hydroxylation sites is 1. The Hall–Kier alpha value is -2.07. The van der Waals surface area contributed by atoms with Crippen molar-refractivity contribution < 1.29 is 39.3 Å². The van der Waals surface area contributed by atoms with Gasteiger partial charge in [-0.3, -0.25) is 0 Å². The molecular weight excluding hydrogens is 312 g/mol. The Labute approximate surface area is 128 Å². The first-order chi connectivity index (χ1) is 8.91. The predicted octanol–water partition coefficient (Wildman–Crippen LogP) is 2.58. The molecule has 0 aliphatic carbocycles. The molecule has 0 unspecified atom stereocenters. The van der Waals surface area contributed by atoms with Gasteiger partial charge in [-0.2, -0.15) is 0 Å². The van der Waals surface area contributed by atoms with E-state index in [1.165, 1.54) is 13.0 Å². The molecule has 0 spiro atoms. The van der Waals surface area contributed by atoms with E-state index in [1.54, 1.807) is 12.1 Å². The second kappa shape index (κ2) is 8.17. The number of carboxylic acid groups (broad SMARTS) is 2. The number of aromatic carboxylic acids is 1. The van der Waals surface area contributed by atoms with Crippen molar-refractivity contribution in [3.8, 4) is 0 Å². The summed E-state index contributed by atoms with van der Waals surface area (Å²) in [6, 6.07) is 10.7. The molecule has 2 N–H and O–H groups in total. The molecule has 0 saturated heterocycles. The van der Waals surface area contributed by atoms with Crippen molar-refractivity contribution in [1.82, 2.24) is 4.98 Å². The van der Waals surface area contributed by atoms with Crippen molar-refractivity contribution in [2.75, 3.05) is 0 Å². The molecule has 20 heavy (non-hydrogen) atoms. The Morgan fingerprint density at radius 2 is 1.65 bits per heavy atom. The maximum Gasteiger partial charge on any atom is 0.354 e. The van der Waals surface area contributed by atoms with Gasteiger partial charge in [0.05, 0.1) is 5.52 Å². The number of benzene rings is 1. The van der Waals surface area contributed by atoms with Gasteiger partial charge in [0.25, 0.3) is 0 Å². The molecule has 1 aromatic carbocycles. The van der Waals surface area contributed by atoms with Crippen molar-refractivity contribution in [3.05, 3.63) is 54.2 Å². The van der Waals surface area contributed by atoms with Crippen molar-refractivity contribution in [2.24, 2.45) is 0 Å². The average Bonchev–Trinajstić information content (AvgIpc) is 2.38. The molecule has 0 amide bonds. The molecule has 0 fully saturated rings. The number of hydrogen-bond donors (Lipinski definition) is 2. The van der Waals surface area contributed by atoms with E-state index in [1.807, 2.05) is 18.2 Å². The van der Waals surface area contributed by atoms with Crippen LogP contribution in [0.2, 0.25) is 0 Å².